The Morgan fingerprint density at radius 2 is 2.20 bits per heavy atom. The van der Waals surface area contributed by atoms with E-state index in [4.69, 9.17) is 10.8 Å². The van der Waals surface area contributed by atoms with Gasteiger partial charge in [-0.3, -0.25) is 4.79 Å². The predicted molar refractivity (Wildman–Crippen MR) is 52.6 cm³/mol. The fraction of sp³-hybridized carbons (Fsp3) is 0.300. The molecule has 0 aliphatic carbocycles. The largest absolute Gasteiger partial charge is 0.481 e. The third kappa shape index (κ3) is 3.21. The number of anilines is 1. The zero-order valence-corrected chi connectivity index (χ0v) is 7.98. The predicted octanol–water partition coefficient (Wildman–Crippen LogP) is 1.31. The number of aliphatic carboxylic acids is 1. The molecule has 4 nitrogen and oxygen atoms in total. The van der Waals surface area contributed by atoms with E-state index >= 15 is 0 Å². The highest BCUT2D eigenvalue weighted by molar-refractivity contribution is 5.66. The summed E-state index contributed by atoms with van der Waals surface area (Å²) >= 11 is 0. The molecule has 0 aliphatic heterocycles. The van der Waals surface area contributed by atoms with Crippen molar-refractivity contribution in [1.82, 2.24) is 0 Å². The normalized spacial score (nSPS) is 12.4. The van der Waals surface area contributed by atoms with Gasteiger partial charge in [0, 0.05) is 17.7 Å². The number of aliphatic hydroxyl groups is 1. The Bertz CT molecular complexity index is 368. The van der Waals surface area contributed by atoms with E-state index < -0.39 is 17.9 Å². The van der Waals surface area contributed by atoms with Crippen molar-refractivity contribution in [2.45, 2.75) is 18.9 Å². The van der Waals surface area contributed by atoms with Crippen LogP contribution in [0, 0.1) is 5.82 Å². The van der Waals surface area contributed by atoms with Crippen LogP contribution in [0.15, 0.2) is 18.2 Å². The van der Waals surface area contributed by atoms with Gasteiger partial charge in [-0.2, -0.15) is 0 Å². The van der Waals surface area contributed by atoms with Crippen molar-refractivity contribution in [1.29, 1.82) is 0 Å². The minimum absolute atomic E-state index is 0.0169. The van der Waals surface area contributed by atoms with E-state index in [1.54, 1.807) is 0 Å². The molecule has 0 fully saturated rings. The number of hydrogen-bond donors (Lipinski definition) is 3. The smallest absolute Gasteiger partial charge is 0.303 e. The van der Waals surface area contributed by atoms with E-state index in [0.29, 0.717) is 0 Å². The van der Waals surface area contributed by atoms with Crippen LogP contribution in [0.1, 0.15) is 24.5 Å². The zero-order chi connectivity index (χ0) is 11.4. The quantitative estimate of drug-likeness (QED) is 0.658. The average molecular weight is 213 g/mol. The lowest BCUT2D eigenvalue weighted by molar-refractivity contribution is -0.137. The summed E-state index contributed by atoms with van der Waals surface area (Å²) in [5.41, 5.74) is 6.01. The molecule has 0 amide bonds. The molecule has 1 rings (SSSR count). The Hall–Kier alpha value is -1.62. The van der Waals surface area contributed by atoms with Gasteiger partial charge in [0.2, 0.25) is 0 Å². The SMILES string of the molecule is Nc1ccc(F)cc1C(O)CCC(=O)O. The molecule has 4 N–H and O–H groups in total. The van der Waals surface area contributed by atoms with E-state index in [-0.39, 0.29) is 24.1 Å². The molecule has 1 unspecified atom stereocenters. The first-order chi connectivity index (χ1) is 7.00. The van der Waals surface area contributed by atoms with Gasteiger partial charge < -0.3 is 15.9 Å². The first-order valence-corrected chi connectivity index (χ1v) is 4.45. The number of nitrogens with two attached hydrogens (primary N) is 1. The van der Waals surface area contributed by atoms with Gasteiger partial charge in [-0.1, -0.05) is 0 Å². The number of carbonyl (C=O) groups is 1. The molecule has 0 saturated carbocycles. The third-order valence-electron chi connectivity index (χ3n) is 2.04. The number of carboxylic acids is 1. The van der Waals surface area contributed by atoms with Crippen molar-refractivity contribution < 1.29 is 19.4 Å². The second-order valence-electron chi connectivity index (χ2n) is 3.22. The van der Waals surface area contributed by atoms with E-state index in [0.717, 1.165) is 6.07 Å². The summed E-state index contributed by atoms with van der Waals surface area (Å²) in [5.74, 6) is -1.52. The molecule has 0 radical (unpaired) electrons. The van der Waals surface area contributed by atoms with Crippen LogP contribution >= 0.6 is 0 Å². The Balaban J connectivity index is 2.76. The average Bonchev–Trinajstić information content (AvgIpc) is 2.18. The van der Waals surface area contributed by atoms with Crippen molar-refractivity contribution in [3.05, 3.63) is 29.6 Å². The number of halogens is 1. The fourth-order valence-corrected chi connectivity index (χ4v) is 1.25. The monoisotopic (exact) mass is 213 g/mol. The van der Waals surface area contributed by atoms with Crippen LogP contribution in [0.4, 0.5) is 10.1 Å². The van der Waals surface area contributed by atoms with Crippen molar-refractivity contribution in [2.24, 2.45) is 0 Å². The van der Waals surface area contributed by atoms with Gasteiger partial charge in [-0.05, 0) is 24.6 Å². The van der Waals surface area contributed by atoms with Gasteiger partial charge in [-0.15, -0.1) is 0 Å². The fourth-order valence-electron chi connectivity index (χ4n) is 1.25. The standard InChI is InChI=1S/C10H12FNO3/c11-6-1-2-8(12)7(5-6)9(13)3-4-10(14)15/h1-2,5,9,13H,3-4,12H2,(H,14,15). The summed E-state index contributed by atoms with van der Waals surface area (Å²) in [6, 6.07) is 3.64. The van der Waals surface area contributed by atoms with Crippen LogP contribution < -0.4 is 5.73 Å². The number of hydrogen-bond acceptors (Lipinski definition) is 3. The summed E-state index contributed by atoms with van der Waals surface area (Å²) in [7, 11) is 0. The molecule has 1 atom stereocenters. The van der Waals surface area contributed by atoms with Gasteiger partial charge >= 0.3 is 5.97 Å². The van der Waals surface area contributed by atoms with Gasteiger partial charge in [0.05, 0.1) is 6.10 Å². The summed E-state index contributed by atoms with van der Waals surface area (Å²) < 4.78 is 12.8. The second kappa shape index (κ2) is 4.75. The highest BCUT2D eigenvalue weighted by Crippen LogP contribution is 2.24. The molecule has 0 bridgehead atoms. The van der Waals surface area contributed by atoms with Gasteiger partial charge in [0.15, 0.2) is 0 Å². The second-order valence-corrected chi connectivity index (χ2v) is 3.22. The molecule has 1 aromatic carbocycles. The molecule has 0 saturated heterocycles. The van der Waals surface area contributed by atoms with Crippen LogP contribution in [-0.2, 0) is 4.79 Å². The van der Waals surface area contributed by atoms with Crippen molar-refractivity contribution in [3.63, 3.8) is 0 Å². The summed E-state index contributed by atoms with van der Waals surface area (Å²) in [6.45, 7) is 0. The number of carboxylic acid groups (broad SMARTS) is 1. The maximum atomic E-state index is 12.8. The zero-order valence-electron chi connectivity index (χ0n) is 7.98. The highest BCUT2D eigenvalue weighted by atomic mass is 19.1. The molecule has 1 aromatic rings. The van der Waals surface area contributed by atoms with E-state index in [2.05, 4.69) is 0 Å². The number of aliphatic hydroxyl groups excluding tert-OH is 1. The molecule has 0 aliphatic rings. The minimum atomic E-state index is -1.04. The lowest BCUT2D eigenvalue weighted by atomic mass is 10.0. The van der Waals surface area contributed by atoms with Crippen LogP contribution in [0.3, 0.4) is 0 Å². The van der Waals surface area contributed by atoms with E-state index in [1.807, 2.05) is 0 Å². The molecule has 82 valence electrons. The molecule has 0 spiro atoms. The molecule has 5 heteroatoms. The van der Waals surface area contributed by atoms with Crippen LogP contribution in [-0.4, -0.2) is 16.2 Å². The number of rotatable bonds is 4. The van der Waals surface area contributed by atoms with Gasteiger partial charge in [0.25, 0.3) is 0 Å². The molecule has 0 aromatic heterocycles. The van der Waals surface area contributed by atoms with Crippen molar-refractivity contribution >= 4 is 11.7 Å². The summed E-state index contributed by atoms with van der Waals surface area (Å²) in [5, 5.41) is 18.0. The third-order valence-corrected chi connectivity index (χ3v) is 2.04. The lowest BCUT2D eigenvalue weighted by Crippen LogP contribution is -2.05. The van der Waals surface area contributed by atoms with Crippen LogP contribution in [0.5, 0.6) is 0 Å². The molecular weight excluding hydrogens is 201 g/mol. The molecule has 15 heavy (non-hydrogen) atoms. The Labute approximate surface area is 86.1 Å². The number of benzene rings is 1. The van der Waals surface area contributed by atoms with Gasteiger partial charge in [0.1, 0.15) is 5.82 Å². The molecule has 0 heterocycles. The van der Waals surface area contributed by atoms with Crippen molar-refractivity contribution in [2.75, 3.05) is 5.73 Å². The maximum absolute atomic E-state index is 12.8. The number of nitrogen functional groups attached to an aromatic ring is 1. The van der Waals surface area contributed by atoms with Crippen LogP contribution in [0.25, 0.3) is 0 Å². The van der Waals surface area contributed by atoms with E-state index in [9.17, 15) is 14.3 Å². The first-order valence-electron chi connectivity index (χ1n) is 4.45. The topological polar surface area (TPSA) is 83.5 Å². The summed E-state index contributed by atoms with van der Waals surface area (Å²) in [6.07, 6.45) is -1.21. The first kappa shape index (κ1) is 11.5. The van der Waals surface area contributed by atoms with Crippen LogP contribution in [0.2, 0.25) is 0 Å². The maximum Gasteiger partial charge on any atom is 0.303 e. The Morgan fingerprint density at radius 1 is 1.53 bits per heavy atom. The molecular formula is C10H12FNO3. The van der Waals surface area contributed by atoms with E-state index in [1.165, 1.54) is 12.1 Å². The Morgan fingerprint density at radius 3 is 2.80 bits per heavy atom. The lowest BCUT2D eigenvalue weighted by Gasteiger charge is -2.12. The highest BCUT2D eigenvalue weighted by Gasteiger charge is 2.13. The Kier molecular flexibility index (Phi) is 3.62. The minimum Gasteiger partial charge on any atom is -0.481 e. The summed E-state index contributed by atoms with van der Waals surface area (Å²) in [4.78, 5) is 10.3. The van der Waals surface area contributed by atoms with Gasteiger partial charge in [-0.25, -0.2) is 4.39 Å². The van der Waals surface area contributed by atoms with Crippen molar-refractivity contribution in [3.8, 4) is 0 Å².